The lowest BCUT2D eigenvalue weighted by molar-refractivity contribution is 0.0468. The molecule has 24 heavy (non-hydrogen) atoms. The third-order valence-electron chi connectivity index (χ3n) is 4.70. The van der Waals surface area contributed by atoms with Crippen LogP contribution in [0.15, 0.2) is 29.0 Å². The van der Waals surface area contributed by atoms with Crippen LogP contribution in [0.3, 0.4) is 0 Å². The zero-order valence-electron chi connectivity index (χ0n) is 13.8. The zero-order valence-corrected chi connectivity index (χ0v) is 13.8. The Labute approximate surface area is 141 Å². The summed E-state index contributed by atoms with van der Waals surface area (Å²) in [5.74, 6) is 1.27. The van der Waals surface area contributed by atoms with Crippen LogP contribution in [-0.4, -0.2) is 70.4 Å². The molecule has 128 valence electrons. The second-order valence-corrected chi connectivity index (χ2v) is 6.47. The Hall–Kier alpha value is -1.83. The van der Waals surface area contributed by atoms with Gasteiger partial charge in [-0.1, -0.05) is 5.16 Å². The average molecular weight is 329 g/mol. The number of ether oxygens (including phenoxy) is 1. The molecule has 0 bridgehead atoms. The summed E-state index contributed by atoms with van der Waals surface area (Å²) in [5.41, 5.74) is 0.883. The van der Waals surface area contributed by atoms with E-state index in [1.165, 1.54) is 12.8 Å². The molecule has 2 aromatic rings. The molecule has 2 aliphatic heterocycles. The molecule has 0 N–H and O–H groups in total. The van der Waals surface area contributed by atoms with Crippen molar-refractivity contribution in [3.8, 4) is 11.4 Å². The molecule has 2 aromatic heterocycles. The monoisotopic (exact) mass is 329 g/mol. The predicted molar refractivity (Wildman–Crippen MR) is 88.2 cm³/mol. The van der Waals surface area contributed by atoms with E-state index in [2.05, 4.69) is 24.9 Å². The first-order valence-corrected chi connectivity index (χ1v) is 8.66. The number of hydrogen-bond donors (Lipinski definition) is 0. The van der Waals surface area contributed by atoms with Gasteiger partial charge in [0, 0.05) is 57.3 Å². The molecule has 7 heteroatoms. The number of aromatic nitrogens is 3. The lowest BCUT2D eigenvalue weighted by Gasteiger charge is -2.34. The maximum absolute atomic E-state index is 5.73. The molecule has 0 spiro atoms. The highest BCUT2D eigenvalue weighted by Crippen LogP contribution is 2.17. The standard InChI is InChI=1S/C17H23N5O2/c1-3-14(11-18-5-1)17-19-16(24-20-17)13-22-8-6-21(7-9-22)12-15-4-2-10-23-15/h1,3,5,11,15H,2,4,6-10,12-13H2. The van der Waals surface area contributed by atoms with E-state index in [0.717, 1.165) is 44.9 Å². The minimum atomic E-state index is 0.439. The lowest BCUT2D eigenvalue weighted by Crippen LogP contribution is -2.48. The van der Waals surface area contributed by atoms with Crippen LogP contribution in [0.25, 0.3) is 11.4 Å². The summed E-state index contributed by atoms with van der Waals surface area (Å²) in [6.45, 7) is 6.91. The quantitative estimate of drug-likeness (QED) is 0.822. The maximum Gasteiger partial charge on any atom is 0.241 e. The molecule has 7 nitrogen and oxygen atoms in total. The van der Waals surface area contributed by atoms with Crippen molar-refractivity contribution < 1.29 is 9.26 Å². The highest BCUT2D eigenvalue weighted by molar-refractivity contribution is 5.51. The normalized spacial score (nSPS) is 22.9. The molecule has 2 fully saturated rings. The summed E-state index contributed by atoms with van der Waals surface area (Å²) in [5, 5.41) is 4.06. The van der Waals surface area contributed by atoms with Crippen molar-refractivity contribution in [3.63, 3.8) is 0 Å². The van der Waals surface area contributed by atoms with Crippen LogP contribution >= 0.6 is 0 Å². The molecule has 4 heterocycles. The largest absolute Gasteiger partial charge is 0.377 e. The minimum Gasteiger partial charge on any atom is -0.377 e. The second kappa shape index (κ2) is 7.38. The van der Waals surface area contributed by atoms with E-state index in [9.17, 15) is 0 Å². The van der Waals surface area contributed by atoms with E-state index in [-0.39, 0.29) is 0 Å². The van der Waals surface area contributed by atoms with Crippen molar-refractivity contribution in [3.05, 3.63) is 30.4 Å². The smallest absolute Gasteiger partial charge is 0.241 e. The SMILES string of the molecule is c1cncc(-c2noc(CN3CCN(CC4CCCO4)CC3)n2)c1. The predicted octanol–water partition coefficient (Wildman–Crippen LogP) is 1.43. The Morgan fingerprint density at radius 2 is 2.04 bits per heavy atom. The van der Waals surface area contributed by atoms with E-state index in [0.29, 0.717) is 24.4 Å². The summed E-state index contributed by atoms with van der Waals surface area (Å²) in [7, 11) is 0. The molecule has 2 saturated heterocycles. The van der Waals surface area contributed by atoms with Crippen LogP contribution < -0.4 is 0 Å². The number of pyridine rings is 1. The van der Waals surface area contributed by atoms with Gasteiger partial charge in [-0.15, -0.1) is 0 Å². The fourth-order valence-corrected chi connectivity index (χ4v) is 3.33. The van der Waals surface area contributed by atoms with Crippen LogP contribution in [0, 0.1) is 0 Å². The van der Waals surface area contributed by atoms with Gasteiger partial charge in [-0.3, -0.25) is 14.8 Å². The van der Waals surface area contributed by atoms with Crippen molar-refractivity contribution in [2.45, 2.75) is 25.5 Å². The molecule has 0 saturated carbocycles. The van der Waals surface area contributed by atoms with E-state index in [1.54, 1.807) is 12.4 Å². The summed E-state index contributed by atoms with van der Waals surface area (Å²) in [6.07, 6.45) is 6.34. The highest BCUT2D eigenvalue weighted by atomic mass is 16.5. The third kappa shape index (κ3) is 3.80. The topological polar surface area (TPSA) is 67.5 Å². The number of hydrogen-bond acceptors (Lipinski definition) is 7. The number of piperazine rings is 1. The van der Waals surface area contributed by atoms with Gasteiger partial charge in [0.05, 0.1) is 12.6 Å². The Balaban J connectivity index is 1.27. The van der Waals surface area contributed by atoms with E-state index < -0.39 is 0 Å². The van der Waals surface area contributed by atoms with Gasteiger partial charge in [0.25, 0.3) is 0 Å². The first-order valence-electron chi connectivity index (χ1n) is 8.66. The van der Waals surface area contributed by atoms with Crippen molar-refractivity contribution in [1.82, 2.24) is 24.9 Å². The van der Waals surface area contributed by atoms with Crippen LogP contribution in [0.4, 0.5) is 0 Å². The minimum absolute atomic E-state index is 0.439. The first kappa shape index (κ1) is 15.7. The Kier molecular flexibility index (Phi) is 4.82. The van der Waals surface area contributed by atoms with Gasteiger partial charge in [0.1, 0.15) is 0 Å². The number of rotatable bonds is 5. The summed E-state index contributed by atoms with van der Waals surface area (Å²) < 4.78 is 11.1. The van der Waals surface area contributed by atoms with Crippen LogP contribution in [-0.2, 0) is 11.3 Å². The second-order valence-electron chi connectivity index (χ2n) is 6.47. The Bertz CT molecular complexity index is 633. The number of nitrogens with zero attached hydrogens (tertiary/aromatic N) is 5. The van der Waals surface area contributed by atoms with Gasteiger partial charge < -0.3 is 9.26 Å². The van der Waals surface area contributed by atoms with Gasteiger partial charge in [0.15, 0.2) is 0 Å². The van der Waals surface area contributed by atoms with Gasteiger partial charge in [0.2, 0.25) is 11.7 Å². The molecule has 1 atom stereocenters. The summed E-state index contributed by atoms with van der Waals surface area (Å²) in [6, 6.07) is 3.81. The molecule has 4 rings (SSSR count). The summed E-state index contributed by atoms with van der Waals surface area (Å²) >= 11 is 0. The van der Waals surface area contributed by atoms with Crippen molar-refractivity contribution in [2.75, 3.05) is 39.3 Å². The Morgan fingerprint density at radius 3 is 2.79 bits per heavy atom. The van der Waals surface area contributed by atoms with Crippen LogP contribution in [0.5, 0.6) is 0 Å². The molecule has 0 radical (unpaired) electrons. The fourth-order valence-electron chi connectivity index (χ4n) is 3.33. The van der Waals surface area contributed by atoms with Crippen molar-refractivity contribution in [1.29, 1.82) is 0 Å². The van der Waals surface area contributed by atoms with Gasteiger partial charge >= 0.3 is 0 Å². The van der Waals surface area contributed by atoms with Crippen molar-refractivity contribution >= 4 is 0 Å². The van der Waals surface area contributed by atoms with Crippen LogP contribution in [0.2, 0.25) is 0 Å². The van der Waals surface area contributed by atoms with Crippen molar-refractivity contribution in [2.24, 2.45) is 0 Å². The average Bonchev–Trinajstić information content (AvgIpc) is 3.29. The molecular formula is C17H23N5O2. The van der Waals surface area contributed by atoms with E-state index in [1.807, 2.05) is 12.1 Å². The molecular weight excluding hydrogens is 306 g/mol. The molecule has 0 amide bonds. The Morgan fingerprint density at radius 1 is 1.17 bits per heavy atom. The van der Waals surface area contributed by atoms with E-state index >= 15 is 0 Å². The first-order chi connectivity index (χ1) is 11.9. The molecule has 0 aromatic carbocycles. The molecule has 1 unspecified atom stereocenters. The zero-order chi connectivity index (χ0) is 16.2. The van der Waals surface area contributed by atoms with Gasteiger partial charge in [-0.2, -0.15) is 4.98 Å². The fraction of sp³-hybridized carbons (Fsp3) is 0.588. The maximum atomic E-state index is 5.73. The lowest BCUT2D eigenvalue weighted by atomic mass is 10.2. The third-order valence-corrected chi connectivity index (χ3v) is 4.70. The highest BCUT2D eigenvalue weighted by Gasteiger charge is 2.23. The summed E-state index contributed by atoms with van der Waals surface area (Å²) in [4.78, 5) is 13.4. The van der Waals surface area contributed by atoms with E-state index in [4.69, 9.17) is 9.26 Å². The van der Waals surface area contributed by atoms with Gasteiger partial charge in [-0.05, 0) is 25.0 Å². The van der Waals surface area contributed by atoms with Gasteiger partial charge in [-0.25, -0.2) is 0 Å². The molecule has 0 aliphatic carbocycles. The van der Waals surface area contributed by atoms with Crippen LogP contribution in [0.1, 0.15) is 18.7 Å². The molecule has 2 aliphatic rings.